The summed E-state index contributed by atoms with van der Waals surface area (Å²) in [5.41, 5.74) is 2.06. The van der Waals surface area contributed by atoms with E-state index in [0.29, 0.717) is 22.8 Å². The lowest BCUT2D eigenvalue weighted by atomic mass is 10.1. The highest BCUT2D eigenvalue weighted by Gasteiger charge is 2.22. The van der Waals surface area contributed by atoms with Gasteiger partial charge in [0.2, 0.25) is 0 Å². The minimum Gasteiger partial charge on any atom is -0.379 e. The summed E-state index contributed by atoms with van der Waals surface area (Å²) in [4.78, 5) is 33.8. The molecule has 1 aliphatic rings. The van der Waals surface area contributed by atoms with E-state index < -0.39 is 0 Å². The molecular weight excluding hydrogens is 398 g/mol. The van der Waals surface area contributed by atoms with E-state index in [1.807, 2.05) is 24.3 Å². The monoisotopic (exact) mass is 423 g/mol. The molecule has 0 unspecified atom stereocenters. The first-order valence-electron chi connectivity index (χ1n) is 10.2. The number of ketones is 1. The fourth-order valence-corrected chi connectivity index (χ4v) is 4.53. The zero-order valence-electron chi connectivity index (χ0n) is 17.0. The van der Waals surface area contributed by atoms with Gasteiger partial charge in [-0.15, -0.1) is 0 Å². The number of aromatic nitrogens is 1. The number of carbonyl (C=O) groups is 2. The van der Waals surface area contributed by atoms with Crippen molar-refractivity contribution in [3.8, 4) is 0 Å². The highest BCUT2D eigenvalue weighted by molar-refractivity contribution is 7.22. The van der Waals surface area contributed by atoms with E-state index in [9.17, 15) is 9.59 Å². The average molecular weight is 424 g/mol. The van der Waals surface area contributed by atoms with Crippen LogP contribution >= 0.6 is 11.3 Å². The minimum atomic E-state index is -0.0915. The van der Waals surface area contributed by atoms with Crippen LogP contribution in [0, 0.1) is 0 Å². The number of thiazole rings is 1. The molecule has 0 spiro atoms. The van der Waals surface area contributed by atoms with Crippen LogP contribution in [0.2, 0.25) is 0 Å². The van der Waals surface area contributed by atoms with Crippen LogP contribution in [-0.4, -0.2) is 61.0 Å². The summed E-state index contributed by atoms with van der Waals surface area (Å²) < 4.78 is 6.47. The first-order chi connectivity index (χ1) is 14.6. The van der Waals surface area contributed by atoms with Crippen molar-refractivity contribution in [2.45, 2.75) is 13.3 Å². The van der Waals surface area contributed by atoms with Gasteiger partial charge in [0.1, 0.15) is 0 Å². The Morgan fingerprint density at radius 1 is 1.07 bits per heavy atom. The van der Waals surface area contributed by atoms with Gasteiger partial charge in [-0.3, -0.25) is 19.4 Å². The van der Waals surface area contributed by atoms with E-state index >= 15 is 0 Å². The molecule has 0 radical (unpaired) electrons. The van der Waals surface area contributed by atoms with Crippen molar-refractivity contribution < 1.29 is 14.3 Å². The molecule has 0 atom stereocenters. The molecule has 7 heteroatoms. The Labute approximate surface area is 180 Å². The first kappa shape index (κ1) is 20.7. The molecule has 0 saturated carbocycles. The van der Waals surface area contributed by atoms with Crippen molar-refractivity contribution in [2.75, 3.05) is 44.3 Å². The van der Waals surface area contributed by atoms with E-state index in [0.717, 1.165) is 49.5 Å². The SMILES string of the molecule is CC(=O)c1ccc(C(=O)N(CCCN2CCOCC2)c2nc3ccccc3s2)cc1. The Balaban J connectivity index is 1.55. The van der Waals surface area contributed by atoms with Crippen LogP contribution in [0.1, 0.15) is 34.1 Å². The zero-order chi connectivity index (χ0) is 20.9. The van der Waals surface area contributed by atoms with Gasteiger partial charge >= 0.3 is 0 Å². The van der Waals surface area contributed by atoms with Gasteiger partial charge in [-0.05, 0) is 37.6 Å². The van der Waals surface area contributed by atoms with Crippen molar-refractivity contribution in [1.29, 1.82) is 0 Å². The minimum absolute atomic E-state index is 0.0115. The van der Waals surface area contributed by atoms with E-state index in [2.05, 4.69) is 4.90 Å². The lowest BCUT2D eigenvalue weighted by Gasteiger charge is -2.27. The molecule has 3 aromatic rings. The van der Waals surface area contributed by atoms with Gasteiger partial charge in [0, 0.05) is 37.3 Å². The quantitative estimate of drug-likeness (QED) is 0.540. The smallest absolute Gasteiger partial charge is 0.260 e. The Bertz CT molecular complexity index is 993. The van der Waals surface area contributed by atoms with Crippen LogP contribution < -0.4 is 4.90 Å². The number of anilines is 1. The number of nitrogens with zero attached hydrogens (tertiary/aromatic N) is 3. The Kier molecular flexibility index (Phi) is 6.52. The summed E-state index contributed by atoms with van der Waals surface area (Å²) in [7, 11) is 0. The van der Waals surface area contributed by atoms with Gasteiger partial charge in [0.05, 0.1) is 23.4 Å². The number of ether oxygens (including phenoxy) is 1. The maximum Gasteiger partial charge on any atom is 0.260 e. The number of carbonyl (C=O) groups excluding carboxylic acids is 2. The molecule has 30 heavy (non-hydrogen) atoms. The Morgan fingerprint density at radius 2 is 1.77 bits per heavy atom. The largest absolute Gasteiger partial charge is 0.379 e. The van der Waals surface area contributed by atoms with Gasteiger partial charge in [-0.1, -0.05) is 35.6 Å². The van der Waals surface area contributed by atoms with Gasteiger partial charge in [0.15, 0.2) is 10.9 Å². The molecule has 1 aromatic heterocycles. The standard InChI is InChI=1S/C23H25N3O3S/c1-17(27)18-7-9-19(10-8-18)22(28)26(12-4-11-25-13-15-29-16-14-25)23-24-20-5-2-3-6-21(20)30-23/h2-3,5-10H,4,11-16H2,1H3. The number of amides is 1. The third-order valence-corrected chi connectivity index (χ3v) is 6.32. The summed E-state index contributed by atoms with van der Waals surface area (Å²) in [6.07, 6.45) is 0.854. The average Bonchev–Trinajstić information content (AvgIpc) is 3.21. The number of hydrogen-bond donors (Lipinski definition) is 0. The van der Waals surface area contributed by atoms with Crippen molar-refractivity contribution in [3.05, 3.63) is 59.7 Å². The maximum atomic E-state index is 13.4. The van der Waals surface area contributed by atoms with E-state index in [4.69, 9.17) is 9.72 Å². The molecule has 4 rings (SSSR count). The lowest BCUT2D eigenvalue weighted by molar-refractivity contribution is 0.0376. The maximum absolute atomic E-state index is 13.4. The number of para-hydroxylation sites is 1. The fraction of sp³-hybridized carbons (Fsp3) is 0.348. The fourth-order valence-electron chi connectivity index (χ4n) is 3.54. The number of hydrogen-bond acceptors (Lipinski definition) is 6. The van der Waals surface area contributed by atoms with Crippen LogP contribution in [0.15, 0.2) is 48.5 Å². The Morgan fingerprint density at radius 3 is 2.47 bits per heavy atom. The van der Waals surface area contributed by atoms with Crippen LogP contribution in [-0.2, 0) is 4.74 Å². The number of Topliss-reactive ketones (excluding diaryl/α,β-unsaturated/α-hetero) is 1. The van der Waals surface area contributed by atoms with Crippen molar-refractivity contribution in [1.82, 2.24) is 9.88 Å². The lowest BCUT2D eigenvalue weighted by Crippen LogP contribution is -2.39. The summed E-state index contributed by atoms with van der Waals surface area (Å²) >= 11 is 1.53. The van der Waals surface area contributed by atoms with Gasteiger partial charge in [0.25, 0.3) is 5.91 Å². The summed E-state index contributed by atoms with van der Waals surface area (Å²) in [6, 6.07) is 14.8. The van der Waals surface area contributed by atoms with Crippen LogP contribution in [0.25, 0.3) is 10.2 Å². The summed E-state index contributed by atoms with van der Waals surface area (Å²) in [5.74, 6) is -0.103. The molecule has 0 aliphatic carbocycles. The van der Waals surface area contributed by atoms with E-state index in [1.165, 1.54) is 18.3 Å². The molecule has 1 fully saturated rings. The normalized spacial score (nSPS) is 14.7. The highest BCUT2D eigenvalue weighted by atomic mass is 32.1. The topological polar surface area (TPSA) is 62.7 Å². The van der Waals surface area contributed by atoms with Crippen LogP contribution in [0.4, 0.5) is 5.13 Å². The molecule has 0 bridgehead atoms. The van der Waals surface area contributed by atoms with E-state index in [1.54, 1.807) is 29.2 Å². The van der Waals surface area contributed by atoms with E-state index in [-0.39, 0.29) is 11.7 Å². The predicted octanol–water partition coefficient (Wildman–Crippen LogP) is 3.87. The van der Waals surface area contributed by atoms with Crippen LogP contribution in [0.3, 0.4) is 0 Å². The molecule has 6 nitrogen and oxygen atoms in total. The van der Waals surface area contributed by atoms with Gasteiger partial charge in [-0.2, -0.15) is 0 Å². The van der Waals surface area contributed by atoms with Gasteiger partial charge < -0.3 is 4.74 Å². The Hall–Kier alpha value is -2.61. The molecule has 0 N–H and O–H groups in total. The molecular formula is C23H25N3O3S. The van der Waals surface area contributed by atoms with Crippen molar-refractivity contribution in [2.24, 2.45) is 0 Å². The first-order valence-corrected chi connectivity index (χ1v) is 11.0. The molecule has 156 valence electrons. The predicted molar refractivity (Wildman–Crippen MR) is 120 cm³/mol. The second-order valence-electron chi connectivity index (χ2n) is 7.36. The van der Waals surface area contributed by atoms with Crippen molar-refractivity contribution >= 4 is 38.4 Å². The molecule has 1 aliphatic heterocycles. The number of fused-ring (bicyclic) bond motifs is 1. The summed E-state index contributed by atoms with van der Waals surface area (Å²) in [5, 5.41) is 0.707. The number of rotatable bonds is 7. The second kappa shape index (κ2) is 9.47. The second-order valence-corrected chi connectivity index (χ2v) is 8.37. The van der Waals surface area contributed by atoms with Crippen molar-refractivity contribution in [3.63, 3.8) is 0 Å². The summed E-state index contributed by atoms with van der Waals surface area (Å²) in [6.45, 7) is 6.43. The zero-order valence-corrected chi connectivity index (χ0v) is 17.9. The highest BCUT2D eigenvalue weighted by Crippen LogP contribution is 2.29. The third kappa shape index (κ3) is 4.75. The number of benzene rings is 2. The third-order valence-electron chi connectivity index (χ3n) is 5.26. The number of morpholine rings is 1. The molecule has 2 heterocycles. The molecule has 1 saturated heterocycles. The molecule has 1 amide bonds. The molecule has 2 aromatic carbocycles. The van der Waals surface area contributed by atoms with Crippen LogP contribution in [0.5, 0.6) is 0 Å². The van der Waals surface area contributed by atoms with Gasteiger partial charge in [-0.25, -0.2) is 4.98 Å².